The normalized spacial score (nSPS) is 22.1. The summed E-state index contributed by atoms with van der Waals surface area (Å²) in [6.45, 7) is 5.44. The van der Waals surface area contributed by atoms with E-state index in [0.29, 0.717) is 5.91 Å². The average Bonchev–Trinajstić information content (AvgIpc) is 2.48. The fourth-order valence-corrected chi connectivity index (χ4v) is 3.22. The molecule has 2 fully saturated rings. The molecule has 2 amide bonds. The van der Waals surface area contributed by atoms with Crippen molar-refractivity contribution in [3.8, 4) is 0 Å². The number of carbonyl (C=O) groups is 2. The zero-order chi connectivity index (χ0) is 14.5. The van der Waals surface area contributed by atoms with E-state index in [1.54, 1.807) is 0 Å². The second-order valence-corrected chi connectivity index (χ2v) is 6.60. The molecule has 0 unspecified atom stereocenters. The summed E-state index contributed by atoms with van der Waals surface area (Å²) in [5, 5.41) is 3.08. The maximum absolute atomic E-state index is 12.4. The number of carbonyl (C=O) groups excluding carboxylic acids is 2. The molecule has 2 rings (SSSR count). The molecule has 4 heteroatoms. The standard InChI is InChI=1S/C16H28N2O2/c1-12(2)15(19)17-14-8-10-18(11-9-14)16(20)13-6-4-3-5-7-13/h12-14H,3-11H2,1-2H3,(H,17,19). The first-order chi connectivity index (χ1) is 9.58. The number of hydrogen-bond acceptors (Lipinski definition) is 2. The van der Waals surface area contributed by atoms with Gasteiger partial charge in [-0.1, -0.05) is 33.1 Å². The Kier molecular flexibility index (Phi) is 5.44. The number of nitrogens with one attached hydrogen (secondary N) is 1. The van der Waals surface area contributed by atoms with E-state index in [4.69, 9.17) is 0 Å². The number of piperidine rings is 1. The number of hydrogen-bond donors (Lipinski definition) is 1. The molecule has 0 radical (unpaired) electrons. The molecule has 1 saturated heterocycles. The summed E-state index contributed by atoms with van der Waals surface area (Å²) in [7, 11) is 0. The van der Waals surface area contributed by atoms with E-state index >= 15 is 0 Å². The number of rotatable bonds is 3. The highest BCUT2D eigenvalue weighted by Crippen LogP contribution is 2.26. The molecular formula is C16H28N2O2. The van der Waals surface area contributed by atoms with Crippen LogP contribution in [0.2, 0.25) is 0 Å². The van der Waals surface area contributed by atoms with Crippen LogP contribution >= 0.6 is 0 Å². The van der Waals surface area contributed by atoms with E-state index in [1.165, 1.54) is 19.3 Å². The molecule has 0 atom stereocenters. The van der Waals surface area contributed by atoms with E-state index < -0.39 is 0 Å². The first-order valence-electron chi connectivity index (χ1n) is 8.17. The molecule has 0 spiro atoms. The highest BCUT2D eigenvalue weighted by Gasteiger charge is 2.29. The second kappa shape index (κ2) is 7.09. The van der Waals surface area contributed by atoms with Gasteiger partial charge >= 0.3 is 0 Å². The highest BCUT2D eigenvalue weighted by molar-refractivity contribution is 5.79. The Morgan fingerprint density at radius 1 is 1.00 bits per heavy atom. The van der Waals surface area contributed by atoms with E-state index in [0.717, 1.165) is 38.8 Å². The van der Waals surface area contributed by atoms with Gasteiger partial charge in [-0.05, 0) is 25.7 Å². The molecule has 0 aromatic heterocycles. The Bertz CT molecular complexity index is 340. The molecule has 1 aliphatic heterocycles. The Labute approximate surface area is 122 Å². The van der Waals surface area contributed by atoms with Crippen molar-refractivity contribution in [3.05, 3.63) is 0 Å². The van der Waals surface area contributed by atoms with Gasteiger partial charge < -0.3 is 10.2 Å². The van der Waals surface area contributed by atoms with Crippen molar-refractivity contribution < 1.29 is 9.59 Å². The van der Waals surface area contributed by atoms with Crippen molar-refractivity contribution in [3.63, 3.8) is 0 Å². The van der Waals surface area contributed by atoms with Gasteiger partial charge in [-0.3, -0.25) is 9.59 Å². The van der Waals surface area contributed by atoms with Gasteiger partial charge in [-0.2, -0.15) is 0 Å². The van der Waals surface area contributed by atoms with E-state index in [2.05, 4.69) is 5.32 Å². The summed E-state index contributed by atoms with van der Waals surface area (Å²) in [6, 6.07) is 0.250. The number of nitrogens with zero attached hydrogens (tertiary/aromatic N) is 1. The largest absolute Gasteiger partial charge is 0.353 e. The molecule has 1 N–H and O–H groups in total. The van der Waals surface area contributed by atoms with Gasteiger partial charge in [0.2, 0.25) is 11.8 Å². The third-order valence-electron chi connectivity index (χ3n) is 4.63. The summed E-state index contributed by atoms with van der Waals surface area (Å²) in [5.74, 6) is 0.794. The highest BCUT2D eigenvalue weighted by atomic mass is 16.2. The molecule has 0 bridgehead atoms. The molecule has 114 valence electrons. The van der Waals surface area contributed by atoms with Crippen LogP contribution in [0, 0.1) is 11.8 Å². The second-order valence-electron chi connectivity index (χ2n) is 6.60. The Hall–Kier alpha value is -1.06. The van der Waals surface area contributed by atoms with Crippen LogP contribution in [0.25, 0.3) is 0 Å². The van der Waals surface area contributed by atoms with Crippen LogP contribution in [0.15, 0.2) is 0 Å². The van der Waals surface area contributed by atoms with Gasteiger partial charge in [0, 0.05) is 31.0 Å². The predicted molar refractivity (Wildman–Crippen MR) is 79.2 cm³/mol. The fraction of sp³-hybridized carbons (Fsp3) is 0.875. The minimum atomic E-state index is 0.0388. The molecule has 4 nitrogen and oxygen atoms in total. The molecule has 0 aromatic carbocycles. The maximum Gasteiger partial charge on any atom is 0.225 e. The molecule has 1 heterocycles. The summed E-state index contributed by atoms with van der Waals surface area (Å²) < 4.78 is 0. The minimum Gasteiger partial charge on any atom is -0.353 e. The van der Waals surface area contributed by atoms with Crippen molar-refractivity contribution >= 4 is 11.8 Å². The third-order valence-corrected chi connectivity index (χ3v) is 4.63. The molecule has 0 aromatic rings. The SMILES string of the molecule is CC(C)C(=O)NC1CCN(C(=O)C2CCCCC2)CC1. The van der Waals surface area contributed by atoms with Gasteiger partial charge in [0.05, 0.1) is 0 Å². The van der Waals surface area contributed by atoms with Gasteiger partial charge in [0.1, 0.15) is 0 Å². The summed E-state index contributed by atoms with van der Waals surface area (Å²) in [5.41, 5.74) is 0. The zero-order valence-corrected chi connectivity index (χ0v) is 12.9. The van der Waals surface area contributed by atoms with Crippen LogP contribution in [0.5, 0.6) is 0 Å². The van der Waals surface area contributed by atoms with Crippen LogP contribution in [0.3, 0.4) is 0 Å². The van der Waals surface area contributed by atoms with Crippen molar-refractivity contribution in [1.29, 1.82) is 0 Å². The summed E-state index contributed by atoms with van der Waals surface area (Å²) >= 11 is 0. The van der Waals surface area contributed by atoms with E-state index in [9.17, 15) is 9.59 Å². The van der Waals surface area contributed by atoms with Crippen LogP contribution in [0.4, 0.5) is 0 Å². The third kappa shape index (κ3) is 3.97. The minimum absolute atomic E-state index is 0.0388. The first-order valence-corrected chi connectivity index (χ1v) is 8.17. The number of likely N-dealkylation sites (tertiary alicyclic amines) is 1. The van der Waals surface area contributed by atoms with Gasteiger partial charge in [-0.15, -0.1) is 0 Å². The first kappa shape index (κ1) is 15.3. The van der Waals surface area contributed by atoms with Crippen LogP contribution in [-0.4, -0.2) is 35.8 Å². The summed E-state index contributed by atoms with van der Waals surface area (Å²) in [4.78, 5) is 26.1. The predicted octanol–water partition coefficient (Wildman–Crippen LogP) is 2.33. The van der Waals surface area contributed by atoms with E-state index in [-0.39, 0.29) is 23.8 Å². The molecule has 1 aliphatic carbocycles. The molecular weight excluding hydrogens is 252 g/mol. The number of amides is 2. The lowest BCUT2D eigenvalue weighted by Gasteiger charge is -2.35. The monoisotopic (exact) mass is 280 g/mol. The Morgan fingerprint density at radius 3 is 2.15 bits per heavy atom. The van der Waals surface area contributed by atoms with Gasteiger partial charge in [0.25, 0.3) is 0 Å². The topological polar surface area (TPSA) is 49.4 Å². The zero-order valence-electron chi connectivity index (χ0n) is 12.9. The fourth-order valence-electron chi connectivity index (χ4n) is 3.22. The molecule has 20 heavy (non-hydrogen) atoms. The average molecular weight is 280 g/mol. The summed E-state index contributed by atoms with van der Waals surface area (Å²) in [6.07, 6.45) is 7.64. The van der Waals surface area contributed by atoms with Crippen LogP contribution in [0.1, 0.15) is 58.8 Å². The quantitative estimate of drug-likeness (QED) is 0.862. The lowest BCUT2D eigenvalue weighted by molar-refractivity contribution is -0.137. The maximum atomic E-state index is 12.4. The van der Waals surface area contributed by atoms with Crippen molar-refractivity contribution in [2.75, 3.05) is 13.1 Å². The Morgan fingerprint density at radius 2 is 1.60 bits per heavy atom. The lowest BCUT2D eigenvalue weighted by Crippen LogP contribution is -2.48. The van der Waals surface area contributed by atoms with Crippen LogP contribution < -0.4 is 5.32 Å². The van der Waals surface area contributed by atoms with Gasteiger partial charge in [0.15, 0.2) is 0 Å². The smallest absolute Gasteiger partial charge is 0.225 e. The molecule has 1 saturated carbocycles. The molecule has 2 aliphatic rings. The van der Waals surface area contributed by atoms with Crippen molar-refractivity contribution in [2.24, 2.45) is 11.8 Å². The van der Waals surface area contributed by atoms with Crippen molar-refractivity contribution in [2.45, 2.75) is 64.8 Å². The van der Waals surface area contributed by atoms with Crippen molar-refractivity contribution in [1.82, 2.24) is 10.2 Å². The lowest BCUT2D eigenvalue weighted by atomic mass is 9.87. The van der Waals surface area contributed by atoms with Crippen LogP contribution in [-0.2, 0) is 9.59 Å². The van der Waals surface area contributed by atoms with E-state index in [1.807, 2.05) is 18.7 Å². The van der Waals surface area contributed by atoms with Gasteiger partial charge in [-0.25, -0.2) is 0 Å². The Balaban J connectivity index is 1.76.